The summed E-state index contributed by atoms with van der Waals surface area (Å²) in [4.78, 5) is 22.5. The summed E-state index contributed by atoms with van der Waals surface area (Å²) in [5.74, 6) is -0.706. The molecule has 1 aromatic carbocycles. The SMILES string of the molecule is COc1cc(C=CC(C(C)=O)C(C)=O)ccc1O. The van der Waals surface area contributed by atoms with Crippen LogP contribution in [-0.4, -0.2) is 23.8 Å². The van der Waals surface area contributed by atoms with E-state index in [9.17, 15) is 14.7 Å². The Morgan fingerprint density at radius 2 is 1.89 bits per heavy atom. The molecule has 1 N–H and O–H groups in total. The van der Waals surface area contributed by atoms with Crippen molar-refractivity contribution in [2.45, 2.75) is 13.8 Å². The summed E-state index contributed by atoms with van der Waals surface area (Å²) in [7, 11) is 1.45. The van der Waals surface area contributed by atoms with E-state index in [1.807, 2.05) is 0 Å². The lowest BCUT2D eigenvalue weighted by Crippen LogP contribution is -2.16. The molecule has 0 spiro atoms. The topological polar surface area (TPSA) is 63.6 Å². The highest BCUT2D eigenvalue weighted by Gasteiger charge is 2.15. The first-order valence-corrected chi connectivity index (χ1v) is 5.51. The lowest BCUT2D eigenvalue weighted by molar-refractivity contribution is -0.128. The molecule has 0 aliphatic rings. The summed E-state index contributed by atoms with van der Waals surface area (Å²) in [6, 6.07) is 4.80. The standard InChI is InChI=1S/C14H16O4/c1-9(15)12(10(2)16)6-4-11-5-7-13(17)14(8-11)18-3/h4-8,12,17H,1-3H3. The minimum Gasteiger partial charge on any atom is -0.504 e. The molecule has 0 saturated heterocycles. The molecule has 96 valence electrons. The van der Waals surface area contributed by atoms with Gasteiger partial charge in [-0.15, -0.1) is 0 Å². The van der Waals surface area contributed by atoms with E-state index >= 15 is 0 Å². The number of aromatic hydroxyl groups is 1. The van der Waals surface area contributed by atoms with Crippen LogP contribution in [0.15, 0.2) is 24.3 Å². The molecule has 0 radical (unpaired) electrons. The Morgan fingerprint density at radius 1 is 1.28 bits per heavy atom. The smallest absolute Gasteiger partial charge is 0.161 e. The van der Waals surface area contributed by atoms with Gasteiger partial charge in [-0.1, -0.05) is 18.2 Å². The first kappa shape index (κ1) is 14.0. The second-order valence-corrected chi connectivity index (χ2v) is 3.99. The molecule has 1 aromatic rings. The van der Waals surface area contributed by atoms with Gasteiger partial charge in [-0.25, -0.2) is 0 Å². The number of phenols is 1. The average molecular weight is 248 g/mol. The summed E-state index contributed by atoms with van der Waals surface area (Å²) in [6.45, 7) is 2.77. The van der Waals surface area contributed by atoms with Crippen molar-refractivity contribution >= 4 is 17.6 Å². The van der Waals surface area contributed by atoms with Crippen LogP contribution >= 0.6 is 0 Å². The fourth-order valence-corrected chi connectivity index (χ4v) is 1.56. The summed E-state index contributed by atoms with van der Waals surface area (Å²) >= 11 is 0. The van der Waals surface area contributed by atoms with E-state index in [1.165, 1.54) is 27.0 Å². The number of Topliss-reactive ketones (excluding diaryl/α,β-unsaturated/α-hetero) is 2. The Bertz CT molecular complexity index is 475. The summed E-state index contributed by atoms with van der Waals surface area (Å²) in [6.07, 6.45) is 3.21. The maximum atomic E-state index is 11.2. The van der Waals surface area contributed by atoms with Crippen LogP contribution in [0.2, 0.25) is 0 Å². The number of rotatable bonds is 5. The Morgan fingerprint density at radius 3 is 2.39 bits per heavy atom. The van der Waals surface area contributed by atoms with Gasteiger partial charge in [-0.3, -0.25) is 9.59 Å². The van der Waals surface area contributed by atoms with Gasteiger partial charge in [-0.2, -0.15) is 0 Å². The van der Waals surface area contributed by atoms with Gasteiger partial charge in [0.1, 0.15) is 11.6 Å². The van der Waals surface area contributed by atoms with Crippen molar-refractivity contribution in [3.8, 4) is 11.5 Å². The third-order valence-electron chi connectivity index (χ3n) is 2.56. The van der Waals surface area contributed by atoms with Crippen molar-refractivity contribution in [3.63, 3.8) is 0 Å². The van der Waals surface area contributed by atoms with Gasteiger partial charge in [0.25, 0.3) is 0 Å². The highest BCUT2D eigenvalue weighted by atomic mass is 16.5. The quantitative estimate of drug-likeness (QED) is 0.811. The van der Waals surface area contributed by atoms with Crippen LogP contribution in [0, 0.1) is 5.92 Å². The van der Waals surface area contributed by atoms with Crippen LogP contribution in [0.3, 0.4) is 0 Å². The number of hydrogen-bond donors (Lipinski definition) is 1. The molecule has 0 bridgehead atoms. The number of allylic oxidation sites excluding steroid dienone is 1. The Kier molecular flexibility index (Phi) is 4.66. The van der Waals surface area contributed by atoms with E-state index in [2.05, 4.69) is 0 Å². The molecule has 0 saturated carbocycles. The lowest BCUT2D eigenvalue weighted by atomic mass is 9.99. The summed E-state index contributed by atoms with van der Waals surface area (Å²) in [5, 5.41) is 9.43. The zero-order valence-corrected chi connectivity index (χ0v) is 10.6. The number of ether oxygens (including phenoxy) is 1. The molecule has 0 fully saturated rings. The maximum Gasteiger partial charge on any atom is 0.161 e. The van der Waals surface area contributed by atoms with Crippen LogP contribution < -0.4 is 4.74 Å². The second-order valence-electron chi connectivity index (χ2n) is 3.99. The van der Waals surface area contributed by atoms with E-state index < -0.39 is 5.92 Å². The first-order chi connectivity index (χ1) is 8.45. The lowest BCUT2D eigenvalue weighted by Gasteiger charge is -2.05. The van der Waals surface area contributed by atoms with Crippen molar-refractivity contribution < 1.29 is 19.4 Å². The minimum absolute atomic E-state index is 0.0457. The predicted molar refractivity (Wildman–Crippen MR) is 68.5 cm³/mol. The first-order valence-electron chi connectivity index (χ1n) is 5.51. The molecule has 0 aromatic heterocycles. The average Bonchev–Trinajstić information content (AvgIpc) is 2.30. The molecule has 0 atom stereocenters. The third-order valence-corrected chi connectivity index (χ3v) is 2.56. The van der Waals surface area contributed by atoms with Gasteiger partial charge in [0, 0.05) is 0 Å². The Balaban J connectivity index is 2.96. The monoisotopic (exact) mass is 248 g/mol. The number of hydrogen-bond acceptors (Lipinski definition) is 4. The number of ketones is 2. The van der Waals surface area contributed by atoms with Crippen LogP contribution in [0.25, 0.3) is 6.08 Å². The number of methoxy groups -OCH3 is 1. The molecule has 18 heavy (non-hydrogen) atoms. The minimum atomic E-state index is -0.718. The molecule has 0 aliphatic carbocycles. The van der Waals surface area contributed by atoms with Crippen LogP contribution in [0.5, 0.6) is 11.5 Å². The molecule has 4 nitrogen and oxygen atoms in total. The van der Waals surface area contributed by atoms with E-state index in [0.717, 1.165) is 5.56 Å². The summed E-state index contributed by atoms with van der Waals surface area (Å²) < 4.78 is 4.97. The van der Waals surface area contributed by atoms with Gasteiger partial charge in [0.2, 0.25) is 0 Å². The molecular weight excluding hydrogens is 232 g/mol. The van der Waals surface area contributed by atoms with Crippen LogP contribution in [0.4, 0.5) is 0 Å². The number of benzene rings is 1. The van der Waals surface area contributed by atoms with Gasteiger partial charge >= 0.3 is 0 Å². The molecule has 4 heteroatoms. The van der Waals surface area contributed by atoms with Crippen molar-refractivity contribution in [1.82, 2.24) is 0 Å². The van der Waals surface area contributed by atoms with Gasteiger partial charge in [-0.05, 0) is 31.5 Å². The van der Waals surface area contributed by atoms with Gasteiger partial charge in [0.15, 0.2) is 11.5 Å². The van der Waals surface area contributed by atoms with Crippen LogP contribution in [0.1, 0.15) is 19.4 Å². The normalized spacial score (nSPS) is 10.9. The van der Waals surface area contributed by atoms with Crippen molar-refractivity contribution in [1.29, 1.82) is 0 Å². The molecule has 0 unspecified atom stereocenters. The summed E-state index contributed by atoms with van der Waals surface area (Å²) in [5.41, 5.74) is 0.747. The number of phenolic OH excluding ortho intramolecular Hbond substituents is 1. The second kappa shape index (κ2) is 6.00. The molecule has 0 heterocycles. The third kappa shape index (κ3) is 3.45. The Labute approximate surface area is 106 Å². The fraction of sp³-hybridized carbons (Fsp3) is 0.286. The van der Waals surface area contributed by atoms with Crippen molar-refractivity contribution in [2.24, 2.45) is 5.92 Å². The molecule has 0 amide bonds. The number of carbonyl (C=O) groups is 2. The zero-order chi connectivity index (χ0) is 13.7. The highest BCUT2D eigenvalue weighted by Crippen LogP contribution is 2.26. The van der Waals surface area contributed by atoms with Crippen molar-refractivity contribution in [3.05, 3.63) is 29.8 Å². The molecule has 0 aliphatic heterocycles. The van der Waals surface area contributed by atoms with Crippen molar-refractivity contribution in [2.75, 3.05) is 7.11 Å². The largest absolute Gasteiger partial charge is 0.504 e. The van der Waals surface area contributed by atoms with Gasteiger partial charge < -0.3 is 9.84 Å². The Hall–Kier alpha value is -2.10. The number of carbonyl (C=O) groups excluding carboxylic acids is 2. The van der Waals surface area contributed by atoms with E-state index in [0.29, 0.717) is 5.75 Å². The van der Waals surface area contributed by atoms with E-state index in [1.54, 1.807) is 24.3 Å². The van der Waals surface area contributed by atoms with Crippen LogP contribution in [-0.2, 0) is 9.59 Å². The highest BCUT2D eigenvalue weighted by molar-refractivity contribution is 6.02. The van der Waals surface area contributed by atoms with Gasteiger partial charge in [0.05, 0.1) is 13.0 Å². The maximum absolute atomic E-state index is 11.2. The molecule has 1 rings (SSSR count). The van der Waals surface area contributed by atoms with E-state index in [4.69, 9.17) is 4.74 Å². The predicted octanol–water partition coefficient (Wildman–Crippen LogP) is 2.21. The fourth-order valence-electron chi connectivity index (χ4n) is 1.56. The van der Waals surface area contributed by atoms with E-state index in [-0.39, 0.29) is 17.3 Å². The zero-order valence-electron chi connectivity index (χ0n) is 10.6. The molecular formula is C14H16O4.